The van der Waals surface area contributed by atoms with Crippen LogP contribution in [0.2, 0.25) is 0 Å². The number of morpholine rings is 1. The molecule has 1 fully saturated rings. The molecule has 1 aromatic heterocycles. The fraction of sp³-hybridized carbons (Fsp3) is 0.150. The van der Waals surface area contributed by atoms with Crippen molar-refractivity contribution < 1.29 is 14.3 Å². The Balaban J connectivity index is 1.39. The molecule has 1 aliphatic rings. The smallest absolute Gasteiger partial charge is 0.275 e. The highest BCUT2D eigenvalue weighted by atomic mass is 79.9. The molecule has 2 N–H and O–H groups in total. The van der Waals surface area contributed by atoms with E-state index in [4.69, 9.17) is 4.74 Å². The van der Waals surface area contributed by atoms with E-state index in [0.717, 1.165) is 15.8 Å². The fourth-order valence-electron chi connectivity index (χ4n) is 2.80. The van der Waals surface area contributed by atoms with E-state index in [9.17, 15) is 9.59 Å². The Morgan fingerprint density at radius 1 is 1.10 bits per heavy atom. The summed E-state index contributed by atoms with van der Waals surface area (Å²) in [5.41, 5.74) is 2.70. The van der Waals surface area contributed by atoms with Crippen molar-refractivity contribution in [2.75, 3.05) is 35.3 Å². The normalized spacial score (nSPS) is 14.0. The fourth-order valence-corrected chi connectivity index (χ4v) is 3.78. The third kappa shape index (κ3) is 4.81. The van der Waals surface area contributed by atoms with Gasteiger partial charge in [-0.05, 0) is 48.5 Å². The van der Waals surface area contributed by atoms with E-state index < -0.39 is 0 Å². The van der Waals surface area contributed by atoms with Crippen LogP contribution < -0.4 is 15.5 Å². The standard InChI is InChI=1S/C20H17BrN4O3S/c21-13-1-3-14(4-2-13)22-19(27)17-12-29-20(24-17)23-15-5-7-16(8-6-15)25-9-10-28-11-18(25)26/h1-8,12H,9-11H2,(H,22,27)(H,23,24). The average Bonchev–Trinajstić information content (AvgIpc) is 3.19. The van der Waals surface area contributed by atoms with Crippen LogP contribution in [-0.2, 0) is 9.53 Å². The average molecular weight is 473 g/mol. The van der Waals surface area contributed by atoms with Gasteiger partial charge in [-0.2, -0.15) is 0 Å². The zero-order valence-electron chi connectivity index (χ0n) is 15.2. The van der Waals surface area contributed by atoms with Gasteiger partial charge in [-0.3, -0.25) is 9.59 Å². The molecule has 9 heteroatoms. The van der Waals surface area contributed by atoms with Crippen molar-refractivity contribution in [3.63, 3.8) is 0 Å². The number of halogens is 1. The summed E-state index contributed by atoms with van der Waals surface area (Å²) < 4.78 is 6.10. The number of nitrogens with zero attached hydrogens (tertiary/aromatic N) is 2. The molecule has 148 valence electrons. The molecule has 2 aromatic carbocycles. The Morgan fingerprint density at radius 3 is 2.55 bits per heavy atom. The number of nitrogens with one attached hydrogen (secondary N) is 2. The van der Waals surface area contributed by atoms with Crippen molar-refractivity contribution in [1.82, 2.24) is 4.98 Å². The lowest BCUT2D eigenvalue weighted by Gasteiger charge is -2.26. The molecular formula is C20H17BrN4O3S. The van der Waals surface area contributed by atoms with Crippen LogP contribution in [0.25, 0.3) is 0 Å². The first-order valence-electron chi connectivity index (χ1n) is 8.86. The first kappa shape index (κ1) is 19.6. The van der Waals surface area contributed by atoms with Crippen molar-refractivity contribution in [3.8, 4) is 0 Å². The molecule has 0 atom stereocenters. The third-order valence-corrected chi connectivity index (χ3v) is 5.54. The van der Waals surface area contributed by atoms with Crippen LogP contribution in [0.1, 0.15) is 10.5 Å². The molecule has 0 aliphatic carbocycles. The second-order valence-corrected chi connectivity index (χ2v) is 8.04. The first-order chi connectivity index (χ1) is 14.1. The number of anilines is 4. The predicted octanol–water partition coefficient (Wildman–Crippen LogP) is 4.26. The number of amides is 2. The van der Waals surface area contributed by atoms with Gasteiger partial charge < -0.3 is 20.3 Å². The van der Waals surface area contributed by atoms with E-state index in [0.29, 0.717) is 29.7 Å². The number of carbonyl (C=O) groups is 2. The zero-order valence-corrected chi connectivity index (χ0v) is 17.6. The molecule has 0 saturated carbocycles. The van der Waals surface area contributed by atoms with Gasteiger partial charge >= 0.3 is 0 Å². The SMILES string of the molecule is O=C(Nc1ccc(Br)cc1)c1csc(Nc2ccc(N3CCOCC3=O)cc2)n1. The lowest BCUT2D eigenvalue weighted by molar-refractivity contribution is -0.125. The maximum absolute atomic E-state index is 12.4. The van der Waals surface area contributed by atoms with Crippen LogP contribution in [0.3, 0.4) is 0 Å². The van der Waals surface area contributed by atoms with E-state index in [-0.39, 0.29) is 18.4 Å². The number of ether oxygens (including phenoxy) is 1. The minimum atomic E-state index is -0.266. The molecular weight excluding hydrogens is 456 g/mol. The molecule has 0 bridgehead atoms. The highest BCUT2D eigenvalue weighted by molar-refractivity contribution is 9.10. The maximum atomic E-state index is 12.4. The van der Waals surface area contributed by atoms with Crippen molar-refractivity contribution >= 4 is 61.3 Å². The number of hydrogen-bond donors (Lipinski definition) is 2. The third-order valence-electron chi connectivity index (χ3n) is 4.25. The number of benzene rings is 2. The van der Waals surface area contributed by atoms with Crippen LogP contribution in [0.5, 0.6) is 0 Å². The van der Waals surface area contributed by atoms with Gasteiger partial charge in [-0.15, -0.1) is 11.3 Å². The van der Waals surface area contributed by atoms with Crippen molar-refractivity contribution in [3.05, 3.63) is 64.1 Å². The summed E-state index contributed by atoms with van der Waals surface area (Å²) in [6.45, 7) is 1.20. The topological polar surface area (TPSA) is 83.6 Å². The summed E-state index contributed by atoms with van der Waals surface area (Å²) in [7, 11) is 0. The van der Waals surface area contributed by atoms with Crippen LogP contribution in [0.4, 0.5) is 22.2 Å². The van der Waals surface area contributed by atoms with Crippen molar-refractivity contribution in [1.29, 1.82) is 0 Å². The van der Waals surface area contributed by atoms with Gasteiger partial charge in [-0.25, -0.2) is 4.98 Å². The van der Waals surface area contributed by atoms with Crippen LogP contribution >= 0.6 is 27.3 Å². The molecule has 7 nitrogen and oxygen atoms in total. The number of hydrogen-bond acceptors (Lipinski definition) is 6. The van der Waals surface area contributed by atoms with Gasteiger partial charge in [0, 0.05) is 33.5 Å². The predicted molar refractivity (Wildman–Crippen MR) is 117 cm³/mol. The quantitative estimate of drug-likeness (QED) is 0.579. The minimum absolute atomic E-state index is 0.0432. The second kappa shape index (κ2) is 8.73. The monoisotopic (exact) mass is 472 g/mol. The van der Waals surface area contributed by atoms with E-state index in [1.54, 1.807) is 10.3 Å². The molecule has 0 radical (unpaired) electrons. The lowest BCUT2D eigenvalue weighted by Crippen LogP contribution is -2.41. The summed E-state index contributed by atoms with van der Waals surface area (Å²) in [6, 6.07) is 14.8. The van der Waals surface area contributed by atoms with Gasteiger partial charge in [0.15, 0.2) is 5.13 Å². The second-order valence-electron chi connectivity index (χ2n) is 6.27. The Labute approximate surface area is 179 Å². The number of thiazole rings is 1. The Kier molecular flexibility index (Phi) is 5.89. The molecule has 0 unspecified atom stereocenters. The van der Waals surface area contributed by atoms with Crippen LogP contribution in [-0.4, -0.2) is 36.6 Å². The Bertz CT molecular complexity index is 1020. The van der Waals surface area contributed by atoms with Gasteiger partial charge in [0.25, 0.3) is 11.8 Å². The molecule has 0 spiro atoms. The maximum Gasteiger partial charge on any atom is 0.275 e. The van der Waals surface area contributed by atoms with Gasteiger partial charge in [0.05, 0.1) is 6.61 Å². The van der Waals surface area contributed by atoms with E-state index in [1.807, 2.05) is 48.5 Å². The van der Waals surface area contributed by atoms with Gasteiger partial charge in [0.1, 0.15) is 12.3 Å². The minimum Gasteiger partial charge on any atom is -0.370 e. The summed E-state index contributed by atoms with van der Waals surface area (Å²) >= 11 is 4.71. The largest absolute Gasteiger partial charge is 0.370 e. The Hall–Kier alpha value is -2.75. The Morgan fingerprint density at radius 2 is 1.83 bits per heavy atom. The molecule has 2 heterocycles. The van der Waals surface area contributed by atoms with E-state index >= 15 is 0 Å². The van der Waals surface area contributed by atoms with E-state index in [2.05, 4.69) is 31.5 Å². The highest BCUT2D eigenvalue weighted by Gasteiger charge is 2.20. The first-order valence-corrected chi connectivity index (χ1v) is 10.5. The summed E-state index contributed by atoms with van der Waals surface area (Å²) in [5.74, 6) is -0.309. The summed E-state index contributed by atoms with van der Waals surface area (Å²) in [5, 5.41) is 8.32. The number of aromatic nitrogens is 1. The number of carbonyl (C=O) groups excluding carboxylic acids is 2. The van der Waals surface area contributed by atoms with E-state index in [1.165, 1.54) is 11.3 Å². The number of rotatable bonds is 5. The molecule has 29 heavy (non-hydrogen) atoms. The summed E-state index contributed by atoms with van der Waals surface area (Å²) in [6.07, 6.45) is 0. The highest BCUT2D eigenvalue weighted by Crippen LogP contribution is 2.25. The molecule has 3 aromatic rings. The van der Waals surface area contributed by atoms with Crippen LogP contribution in [0, 0.1) is 0 Å². The van der Waals surface area contributed by atoms with Gasteiger partial charge in [0.2, 0.25) is 0 Å². The zero-order chi connectivity index (χ0) is 20.2. The van der Waals surface area contributed by atoms with Gasteiger partial charge in [-0.1, -0.05) is 15.9 Å². The molecule has 4 rings (SSSR count). The van der Waals surface area contributed by atoms with Crippen molar-refractivity contribution in [2.45, 2.75) is 0 Å². The van der Waals surface area contributed by atoms with Crippen LogP contribution in [0.15, 0.2) is 58.4 Å². The molecule has 1 saturated heterocycles. The summed E-state index contributed by atoms with van der Waals surface area (Å²) in [4.78, 5) is 30.3. The lowest BCUT2D eigenvalue weighted by atomic mass is 10.2. The molecule has 1 aliphatic heterocycles. The molecule has 2 amide bonds. The van der Waals surface area contributed by atoms with Crippen molar-refractivity contribution in [2.24, 2.45) is 0 Å².